The maximum Gasteiger partial charge on any atom is 0.216 e. The number of nitrogens with zero attached hydrogens (tertiary/aromatic N) is 5. The SMILES string of the molecule is O=C(c1ccccn1)c1cnn2c(-c3ccnc4ccccc34)ccnc12. The Bertz CT molecular complexity index is 1290. The van der Waals surface area contributed by atoms with Crippen LogP contribution in [0.1, 0.15) is 16.1 Å². The molecule has 4 heterocycles. The van der Waals surface area contributed by atoms with E-state index in [4.69, 9.17) is 0 Å². The molecule has 0 radical (unpaired) electrons. The van der Waals surface area contributed by atoms with Gasteiger partial charge in [-0.3, -0.25) is 14.8 Å². The fourth-order valence-corrected chi connectivity index (χ4v) is 3.21. The van der Waals surface area contributed by atoms with Crippen LogP contribution in [0.25, 0.3) is 27.8 Å². The zero-order chi connectivity index (χ0) is 18.2. The van der Waals surface area contributed by atoms with Crippen LogP contribution in [0, 0.1) is 0 Å². The van der Waals surface area contributed by atoms with Crippen molar-refractivity contribution in [2.75, 3.05) is 0 Å². The fraction of sp³-hybridized carbons (Fsp3) is 0. The van der Waals surface area contributed by atoms with Gasteiger partial charge < -0.3 is 0 Å². The molecule has 5 rings (SSSR count). The van der Waals surface area contributed by atoms with Crippen molar-refractivity contribution >= 4 is 22.3 Å². The molecule has 0 bridgehead atoms. The summed E-state index contributed by atoms with van der Waals surface area (Å²) in [5.41, 5.74) is 4.02. The first kappa shape index (κ1) is 15.3. The smallest absolute Gasteiger partial charge is 0.216 e. The summed E-state index contributed by atoms with van der Waals surface area (Å²) in [4.78, 5) is 25.8. The second-order valence-corrected chi connectivity index (χ2v) is 6.04. The number of benzene rings is 1. The molecule has 0 aliphatic carbocycles. The number of carbonyl (C=O) groups is 1. The predicted molar refractivity (Wildman–Crippen MR) is 101 cm³/mol. The van der Waals surface area contributed by atoms with Crippen molar-refractivity contribution in [3.63, 3.8) is 0 Å². The first-order valence-electron chi connectivity index (χ1n) is 8.45. The molecule has 0 saturated carbocycles. The fourth-order valence-electron chi connectivity index (χ4n) is 3.21. The van der Waals surface area contributed by atoms with Gasteiger partial charge in [-0.05, 0) is 30.3 Å². The number of hydrogen-bond acceptors (Lipinski definition) is 5. The van der Waals surface area contributed by atoms with Crippen LogP contribution in [-0.2, 0) is 0 Å². The van der Waals surface area contributed by atoms with Crippen LogP contribution in [0.15, 0.2) is 79.4 Å². The van der Waals surface area contributed by atoms with Gasteiger partial charge in [-0.25, -0.2) is 9.50 Å². The van der Waals surface area contributed by atoms with Gasteiger partial charge in [0.15, 0.2) is 5.65 Å². The highest BCUT2D eigenvalue weighted by atomic mass is 16.1. The summed E-state index contributed by atoms with van der Waals surface area (Å²) in [5, 5.41) is 5.45. The summed E-state index contributed by atoms with van der Waals surface area (Å²) < 4.78 is 1.69. The Morgan fingerprint density at radius 2 is 1.67 bits per heavy atom. The third kappa shape index (κ3) is 2.46. The van der Waals surface area contributed by atoms with Crippen LogP contribution in [0.3, 0.4) is 0 Å². The summed E-state index contributed by atoms with van der Waals surface area (Å²) in [6.07, 6.45) is 6.61. The van der Waals surface area contributed by atoms with Gasteiger partial charge in [-0.2, -0.15) is 5.10 Å². The Kier molecular flexibility index (Phi) is 3.47. The van der Waals surface area contributed by atoms with Gasteiger partial charge in [-0.15, -0.1) is 0 Å². The molecule has 0 spiro atoms. The maximum absolute atomic E-state index is 12.8. The predicted octanol–water partition coefficient (Wildman–Crippen LogP) is 3.57. The van der Waals surface area contributed by atoms with Crippen molar-refractivity contribution < 1.29 is 4.79 Å². The molecule has 0 amide bonds. The molecular weight excluding hydrogens is 338 g/mol. The van der Waals surface area contributed by atoms with E-state index >= 15 is 0 Å². The lowest BCUT2D eigenvalue weighted by Crippen LogP contribution is -2.04. The summed E-state index contributed by atoms with van der Waals surface area (Å²) in [7, 11) is 0. The molecule has 0 aliphatic rings. The van der Waals surface area contributed by atoms with Crippen LogP contribution in [0.5, 0.6) is 0 Å². The van der Waals surface area contributed by atoms with Gasteiger partial charge in [0.25, 0.3) is 0 Å². The summed E-state index contributed by atoms with van der Waals surface area (Å²) in [6.45, 7) is 0. The molecule has 27 heavy (non-hydrogen) atoms. The Morgan fingerprint density at radius 1 is 0.815 bits per heavy atom. The number of aromatic nitrogens is 5. The van der Waals surface area contributed by atoms with Gasteiger partial charge in [0.05, 0.1) is 23.0 Å². The van der Waals surface area contributed by atoms with E-state index in [-0.39, 0.29) is 5.78 Å². The van der Waals surface area contributed by atoms with E-state index in [1.54, 1.807) is 47.5 Å². The minimum Gasteiger partial charge on any atom is -0.287 e. The monoisotopic (exact) mass is 351 g/mol. The molecule has 0 aliphatic heterocycles. The van der Waals surface area contributed by atoms with Gasteiger partial charge in [0.2, 0.25) is 5.78 Å². The number of rotatable bonds is 3. The van der Waals surface area contributed by atoms with E-state index in [0.717, 1.165) is 22.2 Å². The Balaban J connectivity index is 1.72. The number of hydrogen-bond donors (Lipinski definition) is 0. The Labute approximate surface area is 154 Å². The van der Waals surface area contributed by atoms with Crippen molar-refractivity contribution in [2.24, 2.45) is 0 Å². The second kappa shape index (κ2) is 6.10. The topological polar surface area (TPSA) is 73.0 Å². The van der Waals surface area contributed by atoms with E-state index in [9.17, 15) is 4.79 Å². The highest BCUT2D eigenvalue weighted by molar-refractivity contribution is 6.11. The number of para-hydroxylation sites is 1. The second-order valence-electron chi connectivity index (χ2n) is 6.04. The quantitative estimate of drug-likeness (QED) is 0.465. The lowest BCUT2D eigenvalue weighted by Gasteiger charge is -2.08. The molecule has 1 aromatic carbocycles. The molecule has 0 N–H and O–H groups in total. The highest BCUT2D eigenvalue weighted by Crippen LogP contribution is 2.28. The van der Waals surface area contributed by atoms with Gasteiger partial charge >= 0.3 is 0 Å². The average molecular weight is 351 g/mol. The molecule has 0 unspecified atom stereocenters. The van der Waals surface area contributed by atoms with Crippen molar-refractivity contribution in [1.82, 2.24) is 24.6 Å². The third-order valence-electron chi connectivity index (χ3n) is 4.47. The molecule has 6 heteroatoms. The largest absolute Gasteiger partial charge is 0.287 e. The molecule has 0 saturated heterocycles. The Morgan fingerprint density at radius 3 is 2.56 bits per heavy atom. The first-order valence-corrected chi connectivity index (χ1v) is 8.45. The molecule has 5 aromatic rings. The normalized spacial score (nSPS) is 11.1. The molecular formula is C21H13N5O. The minimum atomic E-state index is -0.199. The summed E-state index contributed by atoms with van der Waals surface area (Å²) in [5.74, 6) is -0.199. The van der Waals surface area contributed by atoms with Gasteiger partial charge in [-0.1, -0.05) is 24.3 Å². The van der Waals surface area contributed by atoms with E-state index in [2.05, 4.69) is 20.1 Å². The zero-order valence-electron chi connectivity index (χ0n) is 14.1. The van der Waals surface area contributed by atoms with Gasteiger partial charge in [0.1, 0.15) is 5.69 Å². The van der Waals surface area contributed by atoms with Crippen LogP contribution in [0.2, 0.25) is 0 Å². The Hall–Kier alpha value is -3.93. The maximum atomic E-state index is 12.8. The standard InChI is InChI=1S/C21H13N5O/c27-20(18-7-3-4-10-22-18)16-13-25-26-19(9-12-24-21(16)26)15-8-11-23-17-6-2-1-5-14(15)17/h1-13H. The molecule has 128 valence electrons. The first-order chi connectivity index (χ1) is 13.3. The molecule has 0 fully saturated rings. The summed E-state index contributed by atoms with van der Waals surface area (Å²) >= 11 is 0. The van der Waals surface area contributed by atoms with Crippen LogP contribution in [0.4, 0.5) is 0 Å². The third-order valence-corrected chi connectivity index (χ3v) is 4.47. The van der Waals surface area contributed by atoms with E-state index < -0.39 is 0 Å². The van der Waals surface area contributed by atoms with E-state index in [1.807, 2.05) is 36.4 Å². The lowest BCUT2D eigenvalue weighted by atomic mass is 10.1. The zero-order valence-corrected chi connectivity index (χ0v) is 14.1. The van der Waals surface area contributed by atoms with Crippen LogP contribution >= 0.6 is 0 Å². The number of fused-ring (bicyclic) bond motifs is 2. The summed E-state index contributed by atoms with van der Waals surface area (Å²) in [6, 6.07) is 17.0. The highest BCUT2D eigenvalue weighted by Gasteiger charge is 2.19. The number of pyridine rings is 2. The minimum absolute atomic E-state index is 0.199. The van der Waals surface area contributed by atoms with Crippen molar-refractivity contribution in [1.29, 1.82) is 0 Å². The lowest BCUT2D eigenvalue weighted by molar-refractivity contribution is 0.103. The van der Waals surface area contributed by atoms with Crippen LogP contribution < -0.4 is 0 Å². The number of carbonyl (C=O) groups excluding carboxylic acids is 1. The van der Waals surface area contributed by atoms with Crippen molar-refractivity contribution in [3.8, 4) is 11.3 Å². The number of ketones is 1. The van der Waals surface area contributed by atoms with Crippen molar-refractivity contribution in [3.05, 3.63) is 90.6 Å². The van der Waals surface area contributed by atoms with E-state index in [1.165, 1.54) is 0 Å². The molecule has 4 aromatic heterocycles. The van der Waals surface area contributed by atoms with Crippen molar-refractivity contribution in [2.45, 2.75) is 0 Å². The molecule has 0 atom stereocenters. The molecule has 6 nitrogen and oxygen atoms in total. The average Bonchev–Trinajstić information content (AvgIpc) is 3.18. The van der Waals surface area contributed by atoms with Crippen LogP contribution in [-0.4, -0.2) is 30.3 Å². The van der Waals surface area contributed by atoms with Gasteiger partial charge in [0, 0.05) is 29.5 Å². The van der Waals surface area contributed by atoms with E-state index in [0.29, 0.717) is 16.9 Å².